The van der Waals surface area contributed by atoms with Gasteiger partial charge < -0.3 is 169 Å². The zero-order valence-electron chi connectivity index (χ0n) is 44.4. The lowest BCUT2D eigenvalue weighted by Gasteiger charge is -2.53. The van der Waals surface area contributed by atoms with Gasteiger partial charge in [-0.2, -0.15) is 0 Å². The SMILES string of the molecule is CC(=O)NC1C(OC2C(O)C(CO)OC(OC3C(NC(C)=O)C(OC4C(O)C(CO)OC(OC5C(CO)OC(O)C(O)C5O)C4O)OC(CO)C3OC3OC(C)C(O)C(O)C3O)C2OC2OC(C)C(O)C(O)C2O)OC(CO)C(O)C1O. The number of rotatable bonds is 19. The Morgan fingerprint density at radius 2 is 0.695 bits per heavy atom. The summed E-state index contributed by atoms with van der Waals surface area (Å²) in [5, 5.41) is 212. The number of aliphatic hydroxyl groups excluding tert-OH is 19. The van der Waals surface area contributed by atoms with Crippen molar-refractivity contribution in [2.45, 2.75) is 243 Å². The first kappa shape index (κ1) is 67.2. The van der Waals surface area contributed by atoms with E-state index in [1.807, 2.05) is 0 Å². The van der Waals surface area contributed by atoms with Crippen LogP contribution in [0.4, 0.5) is 0 Å². The molecule has 7 heterocycles. The van der Waals surface area contributed by atoms with Crippen LogP contribution in [0.25, 0.3) is 0 Å². The summed E-state index contributed by atoms with van der Waals surface area (Å²) in [6, 6.07) is -3.74. The molecule has 36 nitrogen and oxygen atoms in total. The van der Waals surface area contributed by atoms with Crippen LogP contribution in [0, 0.1) is 0 Å². The van der Waals surface area contributed by atoms with Gasteiger partial charge in [0.2, 0.25) is 11.8 Å². The third kappa shape index (κ3) is 14.1. The highest BCUT2D eigenvalue weighted by molar-refractivity contribution is 5.73. The molecule has 0 aromatic heterocycles. The summed E-state index contributed by atoms with van der Waals surface area (Å²) < 4.78 is 77.5. The number of aliphatic hydroxyl groups is 19. The molecule has 82 heavy (non-hydrogen) atoms. The first-order valence-corrected chi connectivity index (χ1v) is 26.3. The van der Waals surface area contributed by atoms with Gasteiger partial charge in [0.05, 0.1) is 45.2 Å². The third-order valence-corrected chi connectivity index (χ3v) is 15.3. The molecule has 0 aromatic carbocycles. The Bertz CT molecular complexity index is 2030. The van der Waals surface area contributed by atoms with Crippen LogP contribution in [-0.2, 0) is 71.2 Å². The van der Waals surface area contributed by atoms with Gasteiger partial charge in [0.1, 0.15) is 159 Å². The van der Waals surface area contributed by atoms with Gasteiger partial charge in [-0.3, -0.25) is 9.59 Å². The molecule has 7 saturated heterocycles. The van der Waals surface area contributed by atoms with Crippen LogP contribution >= 0.6 is 0 Å². The molecule has 7 fully saturated rings. The highest BCUT2D eigenvalue weighted by Gasteiger charge is 2.60. The Balaban J connectivity index is 1.33. The minimum atomic E-state index is -2.30. The lowest BCUT2D eigenvalue weighted by Crippen LogP contribution is -2.72. The molecule has 476 valence electrons. The predicted octanol–water partition coefficient (Wildman–Crippen LogP) is -13.9. The highest BCUT2D eigenvalue weighted by Crippen LogP contribution is 2.40. The second-order valence-electron chi connectivity index (χ2n) is 21.0. The molecule has 7 aliphatic rings. The second kappa shape index (κ2) is 28.7. The zero-order chi connectivity index (χ0) is 60.5. The van der Waals surface area contributed by atoms with Crippen LogP contribution in [0.15, 0.2) is 0 Å². The van der Waals surface area contributed by atoms with Crippen LogP contribution in [0.2, 0.25) is 0 Å². The minimum Gasteiger partial charge on any atom is -0.394 e. The van der Waals surface area contributed by atoms with Crippen molar-refractivity contribution >= 4 is 11.8 Å². The average Bonchev–Trinajstić information content (AvgIpc) is 3.47. The van der Waals surface area contributed by atoms with Crippen LogP contribution in [0.1, 0.15) is 27.7 Å². The summed E-state index contributed by atoms with van der Waals surface area (Å²) in [7, 11) is 0. The molecule has 35 unspecified atom stereocenters. The van der Waals surface area contributed by atoms with Crippen molar-refractivity contribution in [3.8, 4) is 0 Å². The summed E-state index contributed by atoms with van der Waals surface area (Å²) in [5.74, 6) is -1.80. The van der Waals surface area contributed by atoms with Gasteiger partial charge >= 0.3 is 0 Å². The molecule has 35 atom stereocenters. The second-order valence-corrected chi connectivity index (χ2v) is 21.0. The van der Waals surface area contributed by atoms with Gasteiger partial charge in [0, 0.05) is 13.8 Å². The van der Waals surface area contributed by atoms with Crippen LogP contribution < -0.4 is 10.6 Å². The van der Waals surface area contributed by atoms with Gasteiger partial charge in [-0.05, 0) is 13.8 Å². The quantitative estimate of drug-likeness (QED) is 0.0571. The molecular formula is C46H78N2O34. The first-order valence-electron chi connectivity index (χ1n) is 26.3. The minimum absolute atomic E-state index is 0.830. The number of carbonyl (C=O) groups excluding carboxylic acids is 2. The molecule has 0 aromatic rings. The van der Waals surface area contributed by atoms with Crippen LogP contribution in [0.3, 0.4) is 0 Å². The van der Waals surface area contributed by atoms with E-state index in [1.54, 1.807) is 0 Å². The van der Waals surface area contributed by atoms with Crippen LogP contribution in [0.5, 0.6) is 0 Å². The maximum atomic E-state index is 13.4. The van der Waals surface area contributed by atoms with E-state index < -0.39 is 260 Å². The fourth-order valence-electron chi connectivity index (χ4n) is 10.7. The number of hydrogen-bond donors (Lipinski definition) is 21. The van der Waals surface area contributed by atoms with Gasteiger partial charge in [0.15, 0.2) is 44.0 Å². The molecule has 0 aliphatic carbocycles. The van der Waals surface area contributed by atoms with E-state index in [2.05, 4.69) is 10.6 Å². The first-order chi connectivity index (χ1) is 38.7. The molecular weight excluding hydrogens is 1120 g/mol. The zero-order valence-corrected chi connectivity index (χ0v) is 44.4. The summed E-state index contributed by atoms with van der Waals surface area (Å²) >= 11 is 0. The number of ether oxygens (including phenoxy) is 13. The van der Waals surface area contributed by atoms with Gasteiger partial charge in [-0.15, -0.1) is 0 Å². The van der Waals surface area contributed by atoms with E-state index in [1.165, 1.54) is 13.8 Å². The average molecular weight is 1200 g/mol. The van der Waals surface area contributed by atoms with E-state index in [0.29, 0.717) is 0 Å². The molecule has 21 N–H and O–H groups in total. The Labute approximate surface area is 465 Å². The Kier molecular flexibility index (Phi) is 23.5. The van der Waals surface area contributed by atoms with Crippen molar-refractivity contribution in [1.29, 1.82) is 0 Å². The monoisotopic (exact) mass is 1200 g/mol. The molecule has 0 bridgehead atoms. The normalized spacial score (nSPS) is 51.3. The molecule has 0 spiro atoms. The lowest BCUT2D eigenvalue weighted by atomic mass is 9.93. The van der Waals surface area contributed by atoms with Gasteiger partial charge in [-0.1, -0.05) is 0 Å². The number of amides is 2. The lowest BCUT2D eigenvalue weighted by molar-refractivity contribution is -0.408. The summed E-state index contributed by atoms with van der Waals surface area (Å²) in [6.45, 7) is -0.779. The third-order valence-electron chi connectivity index (χ3n) is 15.3. The highest BCUT2D eigenvalue weighted by atomic mass is 16.8. The summed E-state index contributed by atoms with van der Waals surface area (Å²) in [5.41, 5.74) is 0. The van der Waals surface area contributed by atoms with Crippen molar-refractivity contribution in [2.75, 3.05) is 33.0 Å². The van der Waals surface area contributed by atoms with E-state index >= 15 is 0 Å². The molecule has 0 saturated carbocycles. The van der Waals surface area contributed by atoms with Gasteiger partial charge in [-0.25, -0.2) is 0 Å². The fraction of sp³-hybridized carbons (Fsp3) is 0.957. The van der Waals surface area contributed by atoms with E-state index in [0.717, 1.165) is 13.8 Å². The van der Waals surface area contributed by atoms with Gasteiger partial charge in [0.25, 0.3) is 0 Å². The molecule has 2 amide bonds. The Morgan fingerprint density at radius 1 is 0.317 bits per heavy atom. The molecule has 36 heteroatoms. The molecule has 7 rings (SSSR count). The predicted molar refractivity (Wildman–Crippen MR) is 252 cm³/mol. The molecule has 7 aliphatic heterocycles. The fourth-order valence-corrected chi connectivity index (χ4v) is 10.7. The summed E-state index contributed by atoms with van der Waals surface area (Å²) in [6.07, 6.45) is -64.7. The maximum Gasteiger partial charge on any atom is 0.217 e. The largest absolute Gasteiger partial charge is 0.394 e. The van der Waals surface area contributed by atoms with Crippen molar-refractivity contribution in [1.82, 2.24) is 10.6 Å². The van der Waals surface area contributed by atoms with E-state index in [9.17, 15) is 107 Å². The smallest absolute Gasteiger partial charge is 0.217 e. The van der Waals surface area contributed by atoms with Crippen molar-refractivity contribution in [3.63, 3.8) is 0 Å². The van der Waals surface area contributed by atoms with Crippen LogP contribution in [-0.4, -0.2) is 357 Å². The van der Waals surface area contributed by atoms with Crippen molar-refractivity contribution in [2.24, 2.45) is 0 Å². The van der Waals surface area contributed by atoms with Crippen molar-refractivity contribution in [3.05, 3.63) is 0 Å². The van der Waals surface area contributed by atoms with E-state index in [4.69, 9.17) is 61.6 Å². The molecule has 0 radical (unpaired) electrons. The van der Waals surface area contributed by atoms with E-state index in [-0.39, 0.29) is 0 Å². The summed E-state index contributed by atoms with van der Waals surface area (Å²) in [4.78, 5) is 25.9. The number of nitrogens with one attached hydrogen (secondary N) is 2. The van der Waals surface area contributed by atoms with Crippen molar-refractivity contribution < 1.29 is 168 Å². The number of carbonyl (C=O) groups is 2. The Hall–Kier alpha value is -2.34. The standard InChI is InChI=1S/C46H78N2O34/c1-10-21(56)27(62)31(66)43(70-10)78-35-18(9-53)76-42(80-37-24(59)15(6-50)74-45(33(37)68)77-34-17(8-52)72-40(69)30(65)29(34)64)20(48-13(4)55)36(35)79-46-39(82-44-32(67)28(63)22(57)11(2)71-44)38(25(60)16(7-51)75-46)81-41-19(47-12(3)54)26(61)23(58)14(5-49)73-41/h10-11,14-46,49-53,56-69H,5-9H2,1-4H3,(H,47,54)(H,48,55). The maximum absolute atomic E-state index is 13.4. The topological polar surface area (TPSA) is 563 Å². The Morgan fingerprint density at radius 3 is 1.22 bits per heavy atom. The number of hydrogen-bond acceptors (Lipinski definition) is 34.